The number of nitrogens with one attached hydrogen (secondary N) is 1. The Labute approximate surface area is 190 Å². The lowest BCUT2D eigenvalue weighted by atomic mass is 10.1. The van der Waals surface area contributed by atoms with E-state index in [-0.39, 0.29) is 11.8 Å². The third kappa shape index (κ3) is 8.62. The topological polar surface area (TPSA) is 58.6 Å². The maximum atomic E-state index is 13.0. The molecule has 2 rings (SSSR count). The molecule has 1 N–H and O–H groups in total. The van der Waals surface area contributed by atoms with Crippen LogP contribution in [0.25, 0.3) is 0 Å². The number of aryl methyl sites for hydroxylation is 1. The molecule has 0 saturated heterocycles. The van der Waals surface area contributed by atoms with Gasteiger partial charge in [0.1, 0.15) is 11.8 Å². The Bertz CT molecular complexity index is 839. The SMILES string of the molecule is CCCCNC(=O)C(C)N(Cc1cccc(Cl)c1)C(=O)CCCOc1ccc(C)cc1. The second kappa shape index (κ2) is 13.0. The number of ether oxygens (including phenoxy) is 1. The maximum absolute atomic E-state index is 13.0. The molecule has 0 spiro atoms. The first-order chi connectivity index (χ1) is 14.9. The van der Waals surface area contributed by atoms with Gasteiger partial charge in [0.05, 0.1) is 6.61 Å². The molecule has 2 aromatic carbocycles. The Morgan fingerprint density at radius 1 is 1.13 bits per heavy atom. The molecule has 1 unspecified atom stereocenters. The average Bonchev–Trinajstić information content (AvgIpc) is 2.76. The average molecular weight is 445 g/mol. The number of carbonyl (C=O) groups excluding carboxylic acids is 2. The van der Waals surface area contributed by atoms with Crippen molar-refractivity contribution in [2.75, 3.05) is 13.2 Å². The molecule has 0 aromatic heterocycles. The van der Waals surface area contributed by atoms with Gasteiger partial charge in [-0.05, 0) is 56.5 Å². The van der Waals surface area contributed by atoms with Crippen LogP contribution in [0.2, 0.25) is 5.02 Å². The maximum Gasteiger partial charge on any atom is 0.242 e. The first kappa shape index (κ1) is 24.7. The zero-order valence-electron chi connectivity index (χ0n) is 18.7. The molecule has 0 fully saturated rings. The van der Waals surface area contributed by atoms with Crippen molar-refractivity contribution >= 4 is 23.4 Å². The van der Waals surface area contributed by atoms with Crippen LogP contribution in [0.3, 0.4) is 0 Å². The predicted molar refractivity (Wildman–Crippen MR) is 125 cm³/mol. The van der Waals surface area contributed by atoms with Crippen molar-refractivity contribution < 1.29 is 14.3 Å². The number of nitrogens with zero attached hydrogens (tertiary/aromatic N) is 1. The van der Waals surface area contributed by atoms with E-state index in [0.717, 1.165) is 24.2 Å². The first-order valence-corrected chi connectivity index (χ1v) is 11.3. The number of rotatable bonds is 12. The second-order valence-corrected chi connectivity index (χ2v) is 8.17. The summed E-state index contributed by atoms with van der Waals surface area (Å²) >= 11 is 6.11. The van der Waals surface area contributed by atoms with Crippen LogP contribution in [0.4, 0.5) is 0 Å². The summed E-state index contributed by atoms with van der Waals surface area (Å²) < 4.78 is 5.73. The normalized spacial score (nSPS) is 11.6. The quantitative estimate of drug-likeness (QED) is 0.461. The first-order valence-electron chi connectivity index (χ1n) is 10.9. The third-order valence-electron chi connectivity index (χ3n) is 5.06. The van der Waals surface area contributed by atoms with E-state index >= 15 is 0 Å². The highest BCUT2D eigenvalue weighted by atomic mass is 35.5. The highest BCUT2D eigenvalue weighted by Gasteiger charge is 2.25. The van der Waals surface area contributed by atoms with Gasteiger partial charge < -0.3 is 15.0 Å². The van der Waals surface area contributed by atoms with E-state index in [9.17, 15) is 9.59 Å². The lowest BCUT2D eigenvalue weighted by Gasteiger charge is -2.29. The van der Waals surface area contributed by atoms with Crippen LogP contribution in [0.5, 0.6) is 5.75 Å². The smallest absolute Gasteiger partial charge is 0.242 e. The van der Waals surface area contributed by atoms with Gasteiger partial charge in [0.25, 0.3) is 0 Å². The number of amides is 2. The van der Waals surface area contributed by atoms with Crippen molar-refractivity contribution in [2.45, 2.75) is 59.0 Å². The van der Waals surface area contributed by atoms with Gasteiger partial charge in [-0.25, -0.2) is 0 Å². The van der Waals surface area contributed by atoms with Crippen LogP contribution in [0.15, 0.2) is 48.5 Å². The minimum absolute atomic E-state index is 0.0781. The van der Waals surface area contributed by atoms with Crippen LogP contribution in [0, 0.1) is 6.92 Å². The lowest BCUT2D eigenvalue weighted by molar-refractivity contribution is -0.140. The van der Waals surface area contributed by atoms with Crippen molar-refractivity contribution in [1.29, 1.82) is 0 Å². The Morgan fingerprint density at radius 2 is 1.87 bits per heavy atom. The zero-order valence-corrected chi connectivity index (χ0v) is 19.5. The van der Waals surface area contributed by atoms with Gasteiger partial charge in [0, 0.05) is 24.5 Å². The fourth-order valence-electron chi connectivity index (χ4n) is 3.14. The summed E-state index contributed by atoms with van der Waals surface area (Å²) in [6.45, 7) is 7.26. The summed E-state index contributed by atoms with van der Waals surface area (Å²) in [6, 6.07) is 14.6. The molecule has 5 nitrogen and oxygen atoms in total. The number of unbranched alkanes of at least 4 members (excludes halogenated alkanes) is 1. The molecule has 1 atom stereocenters. The van der Waals surface area contributed by atoms with Crippen LogP contribution in [0.1, 0.15) is 50.7 Å². The van der Waals surface area contributed by atoms with Gasteiger partial charge in [0.2, 0.25) is 11.8 Å². The minimum atomic E-state index is -0.568. The van der Waals surface area contributed by atoms with E-state index in [4.69, 9.17) is 16.3 Å². The van der Waals surface area contributed by atoms with E-state index in [1.54, 1.807) is 17.9 Å². The van der Waals surface area contributed by atoms with E-state index in [1.807, 2.05) is 49.4 Å². The molecule has 6 heteroatoms. The highest BCUT2D eigenvalue weighted by Crippen LogP contribution is 2.17. The Kier molecular flexibility index (Phi) is 10.4. The Morgan fingerprint density at radius 3 is 2.55 bits per heavy atom. The molecule has 168 valence electrons. The highest BCUT2D eigenvalue weighted by molar-refractivity contribution is 6.30. The van der Waals surface area contributed by atoms with Gasteiger partial charge >= 0.3 is 0 Å². The minimum Gasteiger partial charge on any atom is -0.494 e. The van der Waals surface area contributed by atoms with Gasteiger partial charge in [-0.1, -0.05) is 54.8 Å². The molecular weight excluding hydrogens is 412 g/mol. The van der Waals surface area contributed by atoms with Gasteiger partial charge in [-0.2, -0.15) is 0 Å². The monoisotopic (exact) mass is 444 g/mol. The van der Waals surface area contributed by atoms with Gasteiger partial charge in [-0.3, -0.25) is 9.59 Å². The molecular formula is C25H33ClN2O3. The second-order valence-electron chi connectivity index (χ2n) is 7.74. The number of hydrogen-bond acceptors (Lipinski definition) is 3. The predicted octanol–water partition coefficient (Wildman–Crippen LogP) is 5.14. The zero-order chi connectivity index (χ0) is 22.6. The van der Waals surface area contributed by atoms with Crippen molar-refractivity contribution in [1.82, 2.24) is 10.2 Å². The summed E-state index contributed by atoms with van der Waals surface area (Å²) in [5, 5.41) is 3.53. The summed E-state index contributed by atoms with van der Waals surface area (Å²) in [7, 11) is 0. The number of benzene rings is 2. The summed E-state index contributed by atoms with van der Waals surface area (Å²) in [4.78, 5) is 27.3. The fourth-order valence-corrected chi connectivity index (χ4v) is 3.36. The third-order valence-corrected chi connectivity index (χ3v) is 5.30. The summed E-state index contributed by atoms with van der Waals surface area (Å²) in [6.07, 6.45) is 2.79. The van der Waals surface area contributed by atoms with Crippen molar-refractivity contribution in [3.05, 3.63) is 64.7 Å². The van der Waals surface area contributed by atoms with E-state index in [2.05, 4.69) is 12.2 Å². The van der Waals surface area contributed by atoms with Crippen molar-refractivity contribution in [3.63, 3.8) is 0 Å². The largest absolute Gasteiger partial charge is 0.494 e. The Balaban J connectivity index is 1.97. The number of halogens is 1. The van der Waals surface area contributed by atoms with Crippen molar-refractivity contribution in [3.8, 4) is 5.75 Å². The standard InChI is InChI=1S/C25H33ClN2O3/c1-4-5-15-27-25(30)20(3)28(18-21-8-6-9-22(26)17-21)24(29)10-7-16-31-23-13-11-19(2)12-14-23/h6,8-9,11-14,17,20H,4-5,7,10,15-16,18H2,1-3H3,(H,27,30). The van der Waals surface area contributed by atoms with E-state index in [0.29, 0.717) is 37.6 Å². The molecule has 0 bridgehead atoms. The number of hydrogen-bond donors (Lipinski definition) is 1. The van der Waals surface area contributed by atoms with Crippen LogP contribution in [-0.2, 0) is 16.1 Å². The molecule has 31 heavy (non-hydrogen) atoms. The van der Waals surface area contributed by atoms with E-state index < -0.39 is 6.04 Å². The summed E-state index contributed by atoms with van der Waals surface area (Å²) in [5.74, 6) is 0.572. The molecule has 0 aliphatic carbocycles. The van der Waals surface area contributed by atoms with E-state index in [1.165, 1.54) is 5.56 Å². The van der Waals surface area contributed by atoms with Gasteiger partial charge in [-0.15, -0.1) is 0 Å². The lowest BCUT2D eigenvalue weighted by Crippen LogP contribution is -2.47. The van der Waals surface area contributed by atoms with Gasteiger partial charge in [0.15, 0.2) is 0 Å². The summed E-state index contributed by atoms with van der Waals surface area (Å²) in [5.41, 5.74) is 2.07. The van der Waals surface area contributed by atoms with Crippen LogP contribution in [-0.4, -0.2) is 35.9 Å². The van der Waals surface area contributed by atoms with Crippen LogP contribution < -0.4 is 10.1 Å². The molecule has 2 amide bonds. The molecule has 0 heterocycles. The fraction of sp³-hybridized carbons (Fsp3) is 0.440. The van der Waals surface area contributed by atoms with Crippen molar-refractivity contribution in [2.24, 2.45) is 0 Å². The molecule has 0 radical (unpaired) electrons. The molecule has 0 saturated carbocycles. The van der Waals surface area contributed by atoms with Crippen LogP contribution >= 0.6 is 11.6 Å². The molecule has 0 aliphatic rings. The molecule has 2 aromatic rings. The number of carbonyl (C=O) groups is 2. The Hall–Kier alpha value is -2.53. The molecule has 0 aliphatic heterocycles.